The molecule has 0 fully saturated rings. The van der Waals surface area contributed by atoms with E-state index in [1.54, 1.807) is 11.3 Å². The van der Waals surface area contributed by atoms with Crippen molar-refractivity contribution in [3.8, 4) is 0 Å². The van der Waals surface area contributed by atoms with Crippen LogP contribution >= 0.6 is 22.9 Å². The lowest BCUT2D eigenvalue weighted by molar-refractivity contribution is 0.781. The molecule has 2 rings (SSSR count). The molecule has 0 bridgehead atoms. The summed E-state index contributed by atoms with van der Waals surface area (Å²) in [6.45, 7) is 8.34. The van der Waals surface area contributed by atoms with Gasteiger partial charge in [0.1, 0.15) is 5.82 Å². The monoisotopic (exact) mass is 308 g/mol. The van der Waals surface area contributed by atoms with E-state index >= 15 is 0 Å². The van der Waals surface area contributed by atoms with Gasteiger partial charge >= 0.3 is 0 Å². The van der Waals surface area contributed by atoms with Crippen molar-refractivity contribution in [2.75, 3.05) is 11.4 Å². The number of pyridine rings is 1. The van der Waals surface area contributed by atoms with Gasteiger partial charge in [-0.3, -0.25) is 0 Å². The molecular formula is C16H21ClN2S. The van der Waals surface area contributed by atoms with Crippen molar-refractivity contribution < 1.29 is 0 Å². The second-order valence-electron chi connectivity index (χ2n) is 5.14. The molecule has 0 saturated carbocycles. The minimum atomic E-state index is 0.414. The third-order valence-corrected chi connectivity index (χ3v) is 4.44. The molecule has 0 aliphatic heterocycles. The van der Waals surface area contributed by atoms with Crippen LogP contribution in [0.5, 0.6) is 0 Å². The highest BCUT2D eigenvalue weighted by atomic mass is 35.5. The number of aromatic nitrogens is 1. The van der Waals surface area contributed by atoms with E-state index in [1.807, 2.05) is 0 Å². The number of rotatable bonds is 6. The van der Waals surface area contributed by atoms with Crippen LogP contribution in [-0.2, 0) is 12.4 Å². The van der Waals surface area contributed by atoms with Crippen molar-refractivity contribution in [3.63, 3.8) is 0 Å². The smallest absolute Gasteiger partial charge is 0.129 e. The molecule has 0 amide bonds. The molecule has 0 atom stereocenters. The predicted molar refractivity (Wildman–Crippen MR) is 88.9 cm³/mol. The Morgan fingerprint density at radius 3 is 2.70 bits per heavy atom. The molecule has 20 heavy (non-hydrogen) atoms. The van der Waals surface area contributed by atoms with Gasteiger partial charge in [-0.25, -0.2) is 4.98 Å². The highest BCUT2D eigenvalue weighted by molar-refractivity contribution is 7.09. The highest BCUT2D eigenvalue weighted by Crippen LogP contribution is 2.23. The van der Waals surface area contributed by atoms with Crippen molar-refractivity contribution in [2.45, 2.75) is 39.1 Å². The third kappa shape index (κ3) is 3.74. The van der Waals surface area contributed by atoms with Gasteiger partial charge in [0.15, 0.2) is 0 Å². The average Bonchev–Trinajstić information content (AvgIpc) is 2.97. The molecule has 0 N–H and O–H groups in total. The van der Waals surface area contributed by atoms with Crippen molar-refractivity contribution in [1.82, 2.24) is 4.98 Å². The Labute approximate surface area is 130 Å². The van der Waals surface area contributed by atoms with Gasteiger partial charge in [0, 0.05) is 23.0 Å². The standard InChI is InChI=1S/C16H21ClN2S/c1-4-19(11-14-6-5-7-20-14)16-9-13(10-17)8-15(18-16)12(2)3/h5-9,12H,4,10-11H2,1-3H3. The average molecular weight is 309 g/mol. The summed E-state index contributed by atoms with van der Waals surface area (Å²) in [6, 6.07) is 8.48. The molecule has 2 heterocycles. The first kappa shape index (κ1) is 15.3. The first-order valence-corrected chi connectivity index (χ1v) is 8.39. The number of hydrogen-bond donors (Lipinski definition) is 0. The fourth-order valence-electron chi connectivity index (χ4n) is 2.07. The predicted octanol–water partition coefficient (Wildman–Crippen LogP) is 5.03. The fourth-order valence-corrected chi connectivity index (χ4v) is 2.95. The van der Waals surface area contributed by atoms with E-state index < -0.39 is 0 Å². The maximum atomic E-state index is 6.02. The lowest BCUT2D eigenvalue weighted by Crippen LogP contribution is -2.23. The molecule has 2 aromatic heterocycles. The van der Waals surface area contributed by atoms with Crippen LogP contribution in [0, 0.1) is 0 Å². The number of anilines is 1. The third-order valence-electron chi connectivity index (χ3n) is 3.27. The molecule has 0 spiro atoms. The second-order valence-corrected chi connectivity index (χ2v) is 6.44. The van der Waals surface area contributed by atoms with E-state index in [9.17, 15) is 0 Å². The first-order chi connectivity index (χ1) is 9.63. The zero-order chi connectivity index (χ0) is 14.5. The fraction of sp³-hybridized carbons (Fsp3) is 0.438. The number of alkyl halides is 1. The van der Waals surface area contributed by atoms with Crippen LogP contribution in [0.3, 0.4) is 0 Å². The summed E-state index contributed by atoms with van der Waals surface area (Å²) in [5, 5.41) is 2.12. The Balaban J connectivity index is 2.30. The normalized spacial score (nSPS) is 11.1. The molecule has 4 heteroatoms. The Bertz CT molecular complexity index is 537. The Morgan fingerprint density at radius 1 is 1.35 bits per heavy atom. The summed E-state index contributed by atoms with van der Waals surface area (Å²) in [5.41, 5.74) is 2.26. The van der Waals surface area contributed by atoms with Crippen LogP contribution in [0.4, 0.5) is 5.82 Å². The van der Waals surface area contributed by atoms with Crippen LogP contribution in [0.1, 0.15) is 42.8 Å². The van der Waals surface area contributed by atoms with Gasteiger partial charge in [0.05, 0.1) is 6.54 Å². The Kier molecular flexibility index (Phi) is 5.44. The van der Waals surface area contributed by atoms with E-state index in [2.05, 4.69) is 55.3 Å². The summed E-state index contributed by atoms with van der Waals surface area (Å²) in [6.07, 6.45) is 0. The summed E-state index contributed by atoms with van der Waals surface area (Å²) in [4.78, 5) is 8.46. The summed E-state index contributed by atoms with van der Waals surface area (Å²) < 4.78 is 0. The topological polar surface area (TPSA) is 16.1 Å². The maximum Gasteiger partial charge on any atom is 0.129 e. The van der Waals surface area contributed by atoms with Crippen molar-refractivity contribution in [1.29, 1.82) is 0 Å². The first-order valence-electron chi connectivity index (χ1n) is 6.98. The minimum absolute atomic E-state index is 0.414. The van der Waals surface area contributed by atoms with Crippen LogP contribution in [0.25, 0.3) is 0 Å². The zero-order valence-electron chi connectivity index (χ0n) is 12.3. The molecule has 0 aliphatic rings. The van der Waals surface area contributed by atoms with Crippen molar-refractivity contribution in [2.24, 2.45) is 0 Å². The molecule has 0 aromatic carbocycles. The largest absolute Gasteiger partial charge is 0.352 e. The maximum absolute atomic E-state index is 6.02. The van der Waals surface area contributed by atoms with E-state index in [4.69, 9.17) is 16.6 Å². The van der Waals surface area contributed by atoms with Gasteiger partial charge in [-0.2, -0.15) is 0 Å². The molecule has 0 aliphatic carbocycles. The SMILES string of the molecule is CCN(Cc1cccs1)c1cc(CCl)cc(C(C)C)n1. The molecule has 0 saturated heterocycles. The van der Waals surface area contributed by atoms with Gasteiger partial charge in [0.25, 0.3) is 0 Å². The molecule has 2 nitrogen and oxygen atoms in total. The molecule has 2 aromatic rings. The zero-order valence-corrected chi connectivity index (χ0v) is 13.8. The molecule has 0 radical (unpaired) electrons. The molecule has 0 unspecified atom stereocenters. The van der Waals surface area contributed by atoms with E-state index in [1.165, 1.54) is 4.88 Å². The van der Waals surface area contributed by atoms with Crippen LogP contribution in [-0.4, -0.2) is 11.5 Å². The van der Waals surface area contributed by atoms with E-state index in [0.29, 0.717) is 11.8 Å². The van der Waals surface area contributed by atoms with Crippen molar-refractivity contribution >= 4 is 28.8 Å². The second kappa shape index (κ2) is 7.09. The number of hydrogen-bond acceptors (Lipinski definition) is 3. The minimum Gasteiger partial charge on any atom is -0.352 e. The molecular weight excluding hydrogens is 288 g/mol. The number of thiophene rings is 1. The van der Waals surface area contributed by atoms with Gasteiger partial charge in [-0.05, 0) is 42.0 Å². The van der Waals surface area contributed by atoms with Gasteiger partial charge in [-0.15, -0.1) is 22.9 Å². The Hall–Kier alpha value is -1.06. The highest BCUT2D eigenvalue weighted by Gasteiger charge is 2.12. The molecule has 108 valence electrons. The van der Waals surface area contributed by atoms with Crippen molar-refractivity contribution in [3.05, 3.63) is 45.8 Å². The Morgan fingerprint density at radius 2 is 2.15 bits per heavy atom. The van der Waals surface area contributed by atoms with E-state index in [0.717, 1.165) is 30.2 Å². The lowest BCUT2D eigenvalue weighted by atomic mass is 10.1. The van der Waals surface area contributed by atoms with Gasteiger partial charge in [-0.1, -0.05) is 19.9 Å². The number of halogens is 1. The summed E-state index contributed by atoms with van der Waals surface area (Å²) in [5.74, 6) is 1.98. The van der Waals surface area contributed by atoms with Crippen LogP contribution < -0.4 is 4.90 Å². The summed E-state index contributed by atoms with van der Waals surface area (Å²) >= 11 is 7.81. The van der Waals surface area contributed by atoms with E-state index in [-0.39, 0.29) is 0 Å². The van der Waals surface area contributed by atoms with Gasteiger partial charge in [0.2, 0.25) is 0 Å². The quantitative estimate of drug-likeness (QED) is 0.696. The summed E-state index contributed by atoms with van der Waals surface area (Å²) in [7, 11) is 0. The van der Waals surface area contributed by atoms with Crippen LogP contribution in [0.2, 0.25) is 0 Å². The van der Waals surface area contributed by atoms with Crippen LogP contribution in [0.15, 0.2) is 29.6 Å². The number of nitrogens with zero attached hydrogens (tertiary/aromatic N) is 2. The lowest BCUT2D eigenvalue weighted by Gasteiger charge is -2.23. The van der Waals surface area contributed by atoms with Gasteiger partial charge < -0.3 is 4.90 Å².